The molecule has 2 N–H and O–H groups in total. The summed E-state index contributed by atoms with van der Waals surface area (Å²) in [4.78, 5) is 28.9. The van der Waals surface area contributed by atoms with E-state index in [4.69, 9.17) is 9.47 Å². The Kier molecular flexibility index (Phi) is 3.97. The van der Waals surface area contributed by atoms with Crippen LogP contribution in [0.2, 0.25) is 0 Å². The molecule has 2 heterocycles. The molecule has 2 aromatic rings. The van der Waals surface area contributed by atoms with Crippen LogP contribution in [0.3, 0.4) is 0 Å². The highest BCUT2D eigenvalue weighted by Gasteiger charge is 2.30. The van der Waals surface area contributed by atoms with Gasteiger partial charge in [0.25, 0.3) is 11.2 Å². The molecule has 0 bridgehead atoms. The number of fused-ring (bicyclic) bond motifs is 1. The first kappa shape index (κ1) is 15.4. The molecule has 0 spiro atoms. The molecule has 0 saturated carbocycles. The lowest BCUT2D eigenvalue weighted by Gasteiger charge is -2.22. The number of aromatic amines is 1. The number of benzene rings is 1. The van der Waals surface area contributed by atoms with Crippen LogP contribution in [-0.4, -0.2) is 40.4 Å². The molecule has 0 atom stereocenters. The summed E-state index contributed by atoms with van der Waals surface area (Å²) in [5.41, 5.74) is 0.114. The third kappa shape index (κ3) is 3.15. The summed E-state index contributed by atoms with van der Waals surface area (Å²) in [6, 6.07) is 2.73. The third-order valence-corrected chi connectivity index (χ3v) is 3.75. The number of ether oxygens (including phenoxy) is 2. The van der Waals surface area contributed by atoms with Crippen molar-refractivity contribution in [2.24, 2.45) is 0 Å². The van der Waals surface area contributed by atoms with Crippen LogP contribution in [0.1, 0.15) is 13.3 Å². The molecule has 0 radical (unpaired) electrons. The molecule has 9 heteroatoms. The fraction of sp³-hybridized carbons (Fsp3) is 0.429. The Morgan fingerprint density at radius 1 is 1.43 bits per heavy atom. The second kappa shape index (κ2) is 5.94. The number of rotatable bonds is 5. The maximum Gasteiger partial charge on any atom is 0.293 e. The zero-order chi connectivity index (χ0) is 16.4. The normalized spacial score (nSPS) is 16.6. The zero-order valence-electron chi connectivity index (χ0n) is 12.5. The number of hydrogen-bond acceptors (Lipinski definition) is 7. The molecular formula is C14H16N4O5. The van der Waals surface area contributed by atoms with E-state index in [1.54, 1.807) is 0 Å². The highest BCUT2D eigenvalue weighted by Crippen LogP contribution is 2.29. The monoisotopic (exact) mass is 320 g/mol. The summed E-state index contributed by atoms with van der Waals surface area (Å²) in [5, 5.41) is 14.4. The van der Waals surface area contributed by atoms with Crippen LogP contribution in [0.5, 0.6) is 0 Å². The number of nitro groups is 1. The van der Waals surface area contributed by atoms with Crippen LogP contribution in [0.4, 0.5) is 11.4 Å². The van der Waals surface area contributed by atoms with Crippen molar-refractivity contribution in [3.05, 3.63) is 38.9 Å². The van der Waals surface area contributed by atoms with Crippen LogP contribution >= 0.6 is 0 Å². The molecule has 0 aliphatic carbocycles. The van der Waals surface area contributed by atoms with E-state index in [1.165, 1.54) is 18.5 Å². The van der Waals surface area contributed by atoms with Crippen LogP contribution in [0.25, 0.3) is 10.9 Å². The van der Waals surface area contributed by atoms with Gasteiger partial charge in [-0.25, -0.2) is 4.98 Å². The van der Waals surface area contributed by atoms with Crippen molar-refractivity contribution in [2.45, 2.75) is 19.1 Å². The topological polar surface area (TPSA) is 119 Å². The number of nitrogens with zero attached hydrogens (tertiary/aromatic N) is 2. The Labute approximate surface area is 130 Å². The fourth-order valence-electron chi connectivity index (χ4n) is 2.52. The maximum absolute atomic E-state index is 11.7. The zero-order valence-corrected chi connectivity index (χ0v) is 12.5. The Balaban J connectivity index is 1.85. The van der Waals surface area contributed by atoms with Crippen molar-refractivity contribution in [1.82, 2.24) is 9.97 Å². The van der Waals surface area contributed by atoms with Crippen molar-refractivity contribution >= 4 is 22.3 Å². The van der Waals surface area contributed by atoms with Gasteiger partial charge >= 0.3 is 0 Å². The van der Waals surface area contributed by atoms with Gasteiger partial charge in [0.05, 0.1) is 35.4 Å². The van der Waals surface area contributed by atoms with Crippen molar-refractivity contribution < 1.29 is 14.4 Å². The predicted molar refractivity (Wildman–Crippen MR) is 82.4 cm³/mol. The molecule has 0 amide bonds. The second-order valence-electron chi connectivity index (χ2n) is 5.38. The number of H-pyrrole nitrogens is 1. The maximum atomic E-state index is 11.7. The van der Waals surface area contributed by atoms with Gasteiger partial charge in [-0.15, -0.1) is 0 Å². The van der Waals surface area contributed by atoms with E-state index >= 15 is 0 Å². The largest absolute Gasteiger partial charge is 0.379 e. The first-order chi connectivity index (χ1) is 11.0. The number of anilines is 1. The first-order valence-corrected chi connectivity index (χ1v) is 7.16. The van der Waals surface area contributed by atoms with Crippen LogP contribution in [-0.2, 0) is 9.47 Å². The van der Waals surface area contributed by atoms with Gasteiger partial charge in [-0.3, -0.25) is 14.9 Å². The predicted octanol–water partition coefficient (Wildman–Crippen LogP) is 1.40. The van der Waals surface area contributed by atoms with Gasteiger partial charge in [0, 0.05) is 19.0 Å². The summed E-state index contributed by atoms with van der Waals surface area (Å²) in [7, 11) is 0. The third-order valence-electron chi connectivity index (χ3n) is 3.75. The van der Waals surface area contributed by atoms with Gasteiger partial charge in [0.1, 0.15) is 5.69 Å². The van der Waals surface area contributed by atoms with Gasteiger partial charge in [-0.2, -0.15) is 0 Å². The van der Waals surface area contributed by atoms with Gasteiger partial charge in [-0.05, 0) is 13.0 Å². The lowest BCUT2D eigenvalue weighted by Crippen LogP contribution is -2.28. The average Bonchev–Trinajstić information content (AvgIpc) is 2.93. The Morgan fingerprint density at radius 3 is 2.87 bits per heavy atom. The van der Waals surface area contributed by atoms with E-state index < -0.39 is 16.3 Å². The van der Waals surface area contributed by atoms with Crippen molar-refractivity contribution in [3.8, 4) is 0 Å². The molecule has 0 unspecified atom stereocenters. The van der Waals surface area contributed by atoms with Crippen molar-refractivity contribution in [3.63, 3.8) is 0 Å². The van der Waals surface area contributed by atoms with Crippen LogP contribution in [0, 0.1) is 10.1 Å². The Bertz CT molecular complexity index is 797. The number of hydrogen-bond donors (Lipinski definition) is 2. The van der Waals surface area contributed by atoms with Crippen molar-refractivity contribution in [2.75, 3.05) is 25.1 Å². The Hall–Kier alpha value is -2.52. The number of nitro benzene ring substituents is 1. The van der Waals surface area contributed by atoms with E-state index in [2.05, 4.69) is 15.3 Å². The minimum Gasteiger partial charge on any atom is -0.379 e. The molecule has 3 rings (SSSR count). The summed E-state index contributed by atoms with van der Waals surface area (Å²) >= 11 is 0. The smallest absolute Gasteiger partial charge is 0.293 e. The molecule has 1 fully saturated rings. The summed E-state index contributed by atoms with van der Waals surface area (Å²) in [5.74, 6) is -0.673. The standard InChI is InChI=1S/C14H16N4O5/c1-14(22-4-5-23-14)2-3-15-11-7-10-9(6-12(11)18(20)21)13(19)17-8-16-10/h6-8,15H,2-5H2,1H3,(H,16,17,19). The minimum atomic E-state index is -0.673. The SMILES string of the molecule is CC1(CCNc2cc3nc[nH]c(=O)c3cc2[N+](=O)[O-])OCCO1. The number of aromatic nitrogens is 2. The molecule has 122 valence electrons. The lowest BCUT2D eigenvalue weighted by molar-refractivity contribution is -0.383. The van der Waals surface area contributed by atoms with Crippen molar-refractivity contribution in [1.29, 1.82) is 0 Å². The van der Waals surface area contributed by atoms with E-state index in [9.17, 15) is 14.9 Å². The quantitative estimate of drug-likeness (QED) is 0.631. The molecular weight excluding hydrogens is 304 g/mol. The highest BCUT2D eigenvalue weighted by atomic mass is 16.7. The molecule has 23 heavy (non-hydrogen) atoms. The minimum absolute atomic E-state index is 0.172. The first-order valence-electron chi connectivity index (χ1n) is 7.16. The van der Waals surface area contributed by atoms with E-state index in [-0.39, 0.29) is 11.1 Å². The summed E-state index contributed by atoms with van der Waals surface area (Å²) < 4.78 is 11.0. The van der Waals surface area contributed by atoms with Gasteiger partial charge in [-0.1, -0.05) is 0 Å². The van der Waals surface area contributed by atoms with E-state index in [0.717, 1.165) is 0 Å². The lowest BCUT2D eigenvalue weighted by atomic mass is 10.1. The Morgan fingerprint density at radius 2 is 2.17 bits per heavy atom. The highest BCUT2D eigenvalue weighted by molar-refractivity contribution is 5.86. The number of nitrogens with one attached hydrogen (secondary N) is 2. The molecule has 9 nitrogen and oxygen atoms in total. The molecule has 1 aliphatic rings. The molecule has 1 aliphatic heterocycles. The van der Waals surface area contributed by atoms with Gasteiger partial charge < -0.3 is 19.8 Å². The van der Waals surface area contributed by atoms with Gasteiger partial charge in [0.2, 0.25) is 0 Å². The summed E-state index contributed by atoms with van der Waals surface area (Å²) in [6.07, 6.45) is 1.80. The molecule has 1 saturated heterocycles. The van der Waals surface area contributed by atoms with E-state index in [1.807, 2.05) is 6.92 Å². The summed E-state index contributed by atoms with van der Waals surface area (Å²) in [6.45, 7) is 3.34. The van der Waals surface area contributed by atoms with Gasteiger partial charge in [0.15, 0.2) is 5.79 Å². The van der Waals surface area contributed by atoms with E-state index in [0.29, 0.717) is 37.4 Å². The molecule has 1 aromatic heterocycles. The average molecular weight is 320 g/mol. The van der Waals surface area contributed by atoms with Crippen LogP contribution < -0.4 is 10.9 Å². The fourth-order valence-corrected chi connectivity index (χ4v) is 2.52. The van der Waals surface area contributed by atoms with Crippen LogP contribution in [0.15, 0.2) is 23.3 Å². The molecule has 1 aromatic carbocycles. The second-order valence-corrected chi connectivity index (χ2v) is 5.38.